The lowest BCUT2D eigenvalue weighted by Crippen LogP contribution is -2.52. The van der Waals surface area contributed by atoms with Crippen molar-refractivity contribution in [2.45, 2.75) is 63.8 Å². The first-order valence-corrected chi connectivity index (χ1v) is 11.2. The van der Waals surface area contributed by atoms with Crippen molar-refractivity contribution in [3.8, 4) is 0 Å². The van der Waals surface area contributed by atoms with Gasteiger partial charge in [0, 0.05) is 48.4 Å². The van der Waals surface area contributed by atoms with Gasteiger partial charge in [0.2, 0.25) is 11.8 Å². The van der Waals surface area contributed by atoms with E-state index in [1.54, 1.807) is 0 Å². The third kappa shape index (κ3) is 3.69. The highest BCUT2D eigenvalue weighted by molar-refractivity contribution is 6.32. The zero-order valence-corrected chi connectivity index (χ0v) is 18.1. The summed E-state index contributed by atoms with van der Waals surface area (Å²) in [5, 5.41) is 10.3. The summed E-state index contributed by atoms with van der Waals surface area (Å²) in [6.07, 6.45) is 5.85. The topological polar surface area (TPSA) is 96.3 Å². The number of hydrogen-bond donors (Lipinski definition) is 2. The van der Waals surface area contributed by atoms with Gasteiger partial charge in [-0.15, -0.1) is 0 Å². The number of carbonyl (C=O) groups excluding carboxylic acids is 3. The average Bonchev–Trinajstić information content (AvgIpc) is 3.30. The van der Waals surface area contributed by atoms with Gasteiger partial charge in [-0.05, 0) is 37.8 Å². The molecule has 0 bridgehead atoms. The van der Waals surface area contributed by atoms with Gasteiger partial charge in [0.25, 0.3) is 5.91 Å². The molecule has 1 aliphatic carbocycles. The molecule has 0 spiro atoms. The standard InChI is InChI=1S/C22H23ClFN5O3/c23-16-8-12(9-25-10-13-6-7-29(27-13)14-2-1-3-14)20(24)19-15(16)11-28(22(19)32)17-4-5-18(30)26-21(17)31/h6-8,14,17,25H,1-5,9-11H2,(H,26,30,31). The Labute approximate surface area is 189 Å². The maximum Gasteiger partial charge on any atom is 0.258 e. The predicted octanol–water partition coefficient (Wildman–Crippen LogP) is 2.45. The van der Waals surface area contributed by atoms with Crippen molar-refractivity contribution >= 4 is 29.3 Å². The number of aromatic nitrogens is 2. The van der Waals surface area contributed by atoms with Crippen molar-refractivity contribution in [2.24, 2.45) is 0 Å². The summed E-state index contributed by atoms with van der Waals surface area (Å²) in [5.74, 6) is -2.11. The highest BCUT2D eigenvalue weighted by Gasteiger charge is 2.41. The van der Waals surface area contributed by atoms with Gasteiger partial charge < -0.3 is 10.2 Å². The molecule has 8 nitrogen and oxygen atoms in total. The van der Waals surface area contributed by atoms with Crippen molar-refractivity contribution in [1.29, 1.82) is 0 Å². The monoisotopic (exact) mass is 459 g/mol. The molecule has 1 saturated heterocycles. The van der Waals surface area contributed by atoms with Crippen LogP contribution in [0.1, 0.15) is 65.3 Å². The molecule has 0 radical (unpaired) electrons. The Balaban J connectivity index is 1.28. The van der Waals surface area contributed by atoms with Gasteiger partial charge in [-0.1, -0.05) is 11.6 Å². The van der Waals surface area contributed by atoms with E-state index in [1.807, 2.05) is 16.9 Å². The van der Waals surface area contributed by atoms with Crippen LogP contribution in [0, 0.1) is 5.82 Å². The second-order valence-corrected chi connectivity index (χ2v) is 8.97. The lowest BCUT2D eigenvalue weighted by Gasteiger charge is -2.29. The Morgan fingerprint density at radius 1 is 1.22 bits per heavy atom. The largest absolute Gasteiger partial charge is 0.322 e. The van der Waals surface area contributed by atoms with Crippen molar-refractivity contribution in [3.05, 3.63) is 51.6 Å². The fourth-order valence-corrected chi connectivity index (χ4v) is 4.78. The quantitative estimate of drug-likeness (QED) is 0.647. The van der Waals surface area contributed by atoms with Crippen LogP contribution in [-0.2, 0) is 29.2 Å². The third-order valence-corrected chi connectivity index (χ3v) is 6.85. The Morgan fingerprint density at radius 2 is 2.03 bits per heavy atom. The van der Waals surface area contributed by atoms with E-state index >= 15 is 4.39 Å². The minimum absolute atomic E-state index is 0.0442. The van der Waals surface area contributed by atoms with Crippen LogP contribution in [0.4, 0.5) is 4.39 Å². The molecule has 5 rings (SSSR count). The first kappa shape index (κ1) is 21.1. The molecule has 1 atom stereocenters. The zero-order chi connectivity index (χ0) is 22.4. The number of hydrogen-bond acceptors (Lipinski definition) is 5. The van der Waals surface area contributed by atoms with Gasteiger partial charge in [-0.25, -0.2) is 4.39 Å². The minimum Gasteiger partial charge on any atom is -0.322 e. The number of piperidine rings is 1. The lowest BCUT2D eigenvalue weighted by atomic mass is 9.93. The number of nitrogens with zero attached hydrogens (tertiary/aromatic N) is 3. The third-order valence-electron chi connectivity index (χ3n) is 6.52. The molecule has 1 aromatic carbocycles. The normalized spacial score (nSPS) is 21.0. The Morgan fingerprint density at radius 3 is 2.75 bits per heavy atom. The van der Waals surface area contributed by atoms with Crippen LogP contribution in [0.15, 0.2) is 18.3 Å². The Hall–Kier alpha value is -2.78. The number of amides is 3. The zero-order valence-electron chi connectivity index (χ0n) is 17.4. The number of imide groups is 1. The Bertz CT molecular complexity index is 1110. The molecular weight excluding hydrogens is 437 g/mol. The van der Waals surface area contributed by atoms with Crippen LogP contribution in [0.5, 0.6) is 0 Å². The summed E-state index contributed by atoms with van der Waals surface area (Å²) in [4.78, 5) is 37.9. The fourth-order valence-electron chi connectivity index (χ4n) is 4.49. The van der Waals surface area contributed by atoms with Crippen molar-refractivity contribution in [3.63, 3.8) is 0 Å². The van der Waals surface area contributed by atoms with Crippen LogP contribution < -0.4 is 10.6 Å². The van der Waals surface area contributed by atoms with E-state index in [9.17, 15) is 14.4 Å². The van der Waals surface area contributed by atoms with E-state index < -0.39 is 23.7 Å². The molecule has 2 aliphatic heterocycles. The summed E-state index contributed by atoms with van der Waals surface area (Å²) in [5.41, 5.74) is 1.44. The smallest absolute Gasteiger partial charge is 0.258 e. The lowest BCUT2D eigenvalue weighted by molar-refractivity contribution is -0.136. The van der Waals surface area contributed by atoms with E-state index in [-0.39, 0.29) is 48.0 Å². The molecule has 1 aromatic heterocycles. The summed E-state index contributed by atoms with van der Waals surface area (Å²) in [7, 11) is 0. The van der Waals surface area contributed by atoms with E-state index in [0.29, 0.717) is 18.2 Å². The second kappa shape index (κ2) is 8.29. The summed E-state index contributed by atoms with van der Waals surface area (Å²) in [6.45, 7) is 0.688. The van der Waals surface area contributed by atoms with Gasteiger partial charge in [-0.2, -0.15) is 5.10 Å². The van der Waals surface area contributed by atoms with Crippen LogP contribution in [0.2, 0.25) is 5.02 Å². The number of rotatable bonds is 6. The van der Waals surface area contributed by atoms with Gasteiger partial charge in [0.15, 0.2) is 0 Å². The summed E-state index contributed by atoms with van der Waals surface area (Å²) < 4.78 is 17.3. The molecule has 10 heteroatoms. The molecule has 1 unspecified atom stereocenters. The van der Waals surface area contributed by atoms with Crippen molar-refractivity contribution in [2.75, 3.05) is 0 Å². The Kier molecular flexibility index (Phi) is 5.46. The van der Waals surface area contributed by atoms with Gasteiger partial charge in [0.1, 0.15) is 11.9 Å². The highest BCUT2D eigenvalue weighted by atomic mass is 35.5. The van der Waals surface area contributed by atoms with Gasteiger partial charge in [0.05, 0.1) is 17.3 Å². The van der Waals surface area contributed by atoms with Crippen molar-refractivity contribution in [1.82, 2.24) is 25.3 Å². The SMILES string of the molecule is O=C1CCC(N2Cc3c(Cl)cc(CNCc4ccn(C5CCC5)n4)c(F)c3C2=O)C(=O)N1. The van der Waals surface area contributed by atoms with Crippen LogP contribution in [0.25, 0.3) is 0 Å². The molecular formula is C22H23ClFN5O3. The molecule has 2 aromatic rings. The van der Waals surface area contributed by atoms with E-state index in [4.69, 9.17) is 11.6 Å². The number of halogens is 2. The van der Waals surface area contributed by atoms with E-state index in [1.165, 1.54) is 17.4 Å². The first-order chi connectivity index (χ1) is 15.4. The number of fused-ring (bicyclic) bond motifs is 1. The van der Waals surface area contributed by atoms with Gasteiger partial charge in [-0.3, -0.25) is 24.4 Å². The number of benzene rings is 1. The van der Waals surface area contributed by atoms with Crippen LogP contribution in [0.3, 0.4) is 0 Å². The fraction of sp³-hybridized carbons (Fsp3) is 0.455. The molecule has 32 heavy (non-hydrogen) atoms. The second-order valence-electron chi connectivity index (χ2n) is 8.56. The molecule has 3 heterocycles. The number of nitrogens with one attached hydrogen (secondary N) is 2. The minimum atomic E-state index is -0.810. The van der Waals surface area contributed by atoms with Crippen LogP contribution >= 0.6 is 11.6 Å². The maximum absolute atomic E-state index is 15.3. The summed E-state index contributed by atoms with van der Waals surface area (Å²) in [6, 6.07) is 3.14. The average molecular weight is 460 g/mol. The molecule has 2 fully saturated rings. The first-order valence-electron chi connectivity index (χ1n) is 10.8. The van der Waals surface area contributed by atoms with Crippen molar-refractivity contribution < 1.29 is 18.8 Å². The van der Waals surface area contributed by atoms with Gasteiger partial charge >= 0.3 is 0 Å². The van der Waals surface area contributed by atoms with E-state index in [0.717, 1.165) is 18.5 Å². The summed E-state index contributed by atoms with van der Waals surface area (Å²) >= 11 is 6.39. The molecule has 168 valence electrons. The predicted molar refractivity (Wildman–Crippen MR) is 113 cm³/mol. The number of carbonyl (C=O) groups is 3. The molecule has 3 aliphatic rings. The molecule has 1 saturated carbocycles. The molecule has 2 N–H and O–H groups in total. The highest BCUT2D eigenvalue weighted by Crippen LogP contribution is 2.35. The molecule has 3 amide bonds. The van der Waals surface area contributed by atoms with E-state index in [2.05, 4.69) is 15.7 Å². The maximum atomic E-state index is 15.3. The van der Waals surface area contributed by atoms with Crippen LogP contribution in [-0.4, -0.2) is 38.4 Å².